The minimum Gasteiger partial charge on any atom is -0.465 e. The number of nitrogens with zero attached hydrogens (tertiary/aromatic N) is 2. The van der Waals surface area contributed by atoms with Crippen LogP contribution >= 0.6 is 0 Å². The van der Waals surface area contributed by atoms with Crippen LogP contribution in [0.5, 0.6) is 0 Å². The second-order valence-corrected chi connectivity index (χ2v) is 4.20. The number of esters is 1. The fourth-order valence-corrected chi connectivity index (χ4v) is 1.61. The van der Waals surface area contributed by atoms with Crippen LogP contribution in [0.3, 0.4) is 0 Å². The Morgan fingerprint density at radius 2 is 1.43 bits per heavy atom. The lowest BCUT2D eigenvalue weighted by atomic mass is 9.80. The van der Waals surface area contributed by atoms with Gasteiger partial charge in [0.05, 0.1) is 24.0 Å². The van der Waals surface area contributed by atoms with E-state index < -0.39 is 13.1 Å². The van der Waals surface area contributed by atoms with Gasteiger partial charge in [0.25, 0.3) is 0 Å². The van der Waals surface area contributed by atoms with E-state index in [-0.39, 0.29) is 0 Å². The summed E-state index contributed by atoms with van der Waals surface area (Å²) in [6.07, 6.45) is 0. The predicted molar refractivity (Wildman–Crippen MR) is 78.2 cm³/mol. The Labute approximate surface area is 121 Å². The van der Waals surface area contributed by atoms with Crippen LogP contribution in [0, 0.1) is 0 Å². The van der Waals surface area contributed by atoms with Crippen molar-refractivity contribution in [2.75, 3.05) is 7.11 Å². The molecule has 0 unspecified atom stereocenters. The monoisotopic (exact) mass is 284 g/mol. The first-order chi connectivity index (χ1) is 10.1. The number of benzene rings is 2. The molecule has 0 fully saturated rings. The third-order valence-electron chi connectivity index (χ3n) is 2.76. The van der Waals surface area contributed by atoms with Crippen molar-refractivity contribution in [2.45, 2.75) is 0 Å². The van der Waals surface area contributed by atoms with Gasteiger partial charge in [0.2, 0.25) is 0 Å². The predicted octanol–water partition coefficient (Wildman–Crippen LogP) is 1.57. The molecule has 0 amide bonds. The summed E-state index contributed by atoms with van der Waals surface area (Å²) in [7, 11) is -0.176. The largest absolute Gasteiger partial charge is 0.488 e. The van der Waals surface area contributed by atoms with Gasteiger partial charge >= 0.3 is 13.1 Å². The van der Waals surface area contributed by atoms with Gasteiger partial charge in [-0.25, -0.2) is 4.79 Å². The second-order valence-electron chi connectivity index (χ2n) is 4.20. The molecule has 0 saturated carbocycles. The summed E-state index contributed by atoms with van der Waals surface area (Å²) >= 11 is 0. The number of hydrogen-bond acceptors (Lipinski definition) is 6. The van der Waals surface area contributed by atoms with Crippen LogP contribution in [0.4, 0.5) is 11.4 Å². The van der Waals surface area contributed by atoms with E-state index in [1.165, 1.54) is 7.11 Å². The van der Waals surface area contributed by atoms with Crippen molar-refractivity contribution in [3.8, 4) is 0 Å². The highest BCUT2D eigenvalue weighted by atomic mass is 16.5. The third-order valence-corrected chi connectivity index (χ3v) is 2.76. The van der Waals surface area contributed by atoms with Crippen LogP contribution in [0.25, 0.3) is 0 Å². The highest BCUT2D eigenvalue weighted by Crippen LogP contribution is 2.18. The van der Waals surface area contributed by atoms with E-state index in [0.29, 0.717) is 22.4 Å². The lowest BCUT2D eigenvalue weighted by Crippen LogP contribution is -2.29. The SMILES string of the molecule is COC(=O)c1ccc(/N=N/c2ccc(B(O)O)cc2)cc1. The third kappa shape index (κ3) is 3.98. The maximum atomic E-state index is 11.3. The smallest absolute Gasteiger partial charge is 0.465 e. The number of hydrogen-bond donors (Lipinski definition) is 2. The van der Waals surface area contributed by atoms with Crippen LogP contribution in [0.1, 0.15) is 10.4 Å². The van der Waals surface area contributed by atoms with Gasteiger partial charge in [-0.15, -0.1) is 0 Å². The molecule has 0 spiro atoms. The van der Waals surface area contributed by atoms with Crippen molar-refractivity contribution in [3.05, 3.63) is 54.1 Å². The Morgan fingerprint density at radius 1 is 0.952 bits per heavy atom. The van der Waals surface area contributed by atoms with Gasteiger partial charge in [0.15, 0.2) is 0 Å². The minimum absolute atomic E-state index is 0.386. The standard InChI is InChI=1S/C14H13BN2O4/c1-21-14(18)10-2-6-12(7-3-10)16-17-13-8-4-11(5-9-13)15(19)20/h2-9,19-20H,1H3/b17-16+. The van der Waals surface area contributed by atoms with Crippen molar-refractivity contribution in [1.29, 1.82) is 0 Å². The summed E-state index contributed by atoms with van der Waals surface area (Å²) in [5.74, 6) is -0.406. The molecule has 2 N–H and O–H groups in total. The quantitative estimate of drug-likeness (QED) is 0.506. The molecular formula is C14H13BN2O4. The first kappa shape index (κ1) is 14.9. The van der Waals surface area contributed by atoms with E-state index >= 15 is 0 Å². The molecule has 2 rings (SSSR count). The number of rotatable bonds is 4. The van der Waals surface area contributed by atoms with E-state index in [0.717, 1.165) is 0 Å². The Kier molecular flexibility index (Phi) is 4.81. The van der Waals surface area contributed by atoms with Crippen molar-refractivity contribution in [2.24, 2.45) is 10.2 Å². The summed E-state index contributed by atoms with van der Waals surface area (Å²) in [5, 5.41) is 26.0. The lowest BCUT2D eigenvalue weighted by Gasteiger charge is -1.99. The van der Waals surface area contributed by atoms with Crippen LogP contribution in [0.15, 0.2) is 58.8 Å². The molecule has 6 nitrogen and oxygen atoms in total. The minimum atomic E-state index is -1.50. The van der Waals surface area contributed by atoms with Gasteiger partial charge in [-0.1, -0.05) is 12.1 Å². The molecule has 2 aromatic carbocycles. The summed E-state index contributed by atoms with van der Waals surface area (Å²) in [6.45, 7) is 0. The van der Waals surface area contributed by atoms with Gasteiger partial charge < -0.3 is 14.8 Å². The van der Waals surface area contributed by atoms with Gasteiger partial charge in [-0.3, -0.25) is 0 Å². The molecule has 21 heavy (non-hydrogen) atoms. The van der Waals surface area contributed by atoms with Crippen molar-refractivity contribution in [1.82, 2.24) is 0 Å². The molecule has 2 aromatic rings. The zero-order chi connectivity index (χ0) is 15.2. The van der Waals surface area contributed by atoms with Crippen LogP contribution in [0.2, 0.25) is 0 Å². The summed E-state index contributed by atoms with van der Waals surface area (Å²) in [5.41, 5.74) is 2.00. The molecule has 7 heteroatoms. The van der Waals surface area contributed by atoms with Crippen molar-refractivity contribution in [3.63, 3.8) is 0 Å². The lowest BCUT2D eigenvalue weighted by molar-refractivity contribution is 0.0601. The number of azo groups is 1. The van der Waals surface area contributed by atoms with E-state index in [4.69, 9.17) is 10.0 Å². The van der Waals surface area contributed by atoms with E-state index in [1.807, 2.05) is 0 Å². The van der Waals surface area contributed by atoms with Crippen LogP contribution < -0.4 is 5.46 Å². The van der Waals surface area contributed by atoms with E-state index in [1.54, 1.807) is 48.5 Å². The topological polar surface area (TPSA) is 91.5 Å². The zero-order valence-corrected chi connectivity index (χ0v) is 11.3. The van der Waals surface area contributed by atoms with Gasteiger partial charge in [0, 0.05) is 0 Å². The van der Waals surface area contributed by atoms with Gasteiger partial charge in [0.1, 0.15) is 0 Å². The van der Waals surface area contributed by atoms with Gasteiger partial charge in [-0.2, -0.15) is 10.2 Å². The molecule has 0 saturated heterocycles. The first-order valence-corrected chi connectivity index (χ1v) is 6.16. The first-order valence-electron chi connectivity index (χ1n) is 6.16. The Balaban J connectivity index is 2.08. The van der Waals surface area contributed by atoms with E-state index in [2.05, 4.69) is 15.0 Å². The van der Waals surface area contributed by atoms with Crippen LogP contribution in [-0.4, -0.2) is 30.2 Å². The Bertz CT molecular complexity index is 639. The maximum absolute atomic E-state index is 11.3. The highest BCUT2D eigenvalue weighted by Gasteiger charge is 2.09. The average molecular weight is 284 g/mol. The number of ether oxygens (including phenoxy) is 1. The summed E-state index contributed by atoms with van der Waals surface area (Å²) < 4.78 is 4.60. The fraction of sp³-hybridized carbons (Fsp3) is 0.0714. The van der Waals surface area contributed by atoms with E-state index in [9.17, 15) is 4.79 Å². The zero-order valence-electron chi connectivity index (χ0n) is 11.3. The fourth-order valence-electron chi connectivity index (χ4n) is 1.61. The van der Waals surface area contributed by atoms with Crippen LogP contribution in [-0.2, 0) is 4.74 Å². The second kappa shape index (κ2) is 6.78. The van der Waals surface area contributed by atoms with Crippen molar-refractivity contribution >= 4 is 29.9 Å². The maximum Gasteiger partial charge on any atom is 0.488 e. The molecule has 106 valence electrons. The summed E-state index contributed by atoms with van der Waals surface area (Å²) in [6, 6.07) is 12.9. The van der Waals surface area contributed by atoms with Crippen molar-refractivity contribution < 1.29 is 19.6 Å². The molecule has 0 radical (unpaired) electrons. The number of carbonyl (C=O) groups is 1. The molecule has 0 aliphatic rings. The highest BCUT2D eigenvalue weighted by molar-refractivity contribution is 6.58. The molecule has 0 heterocycles. The summed E-state index contributed by atoms with van der Waals surface area (Å²) in [4.78, 5) is 11.3. The average Bonchev–Trinajstić information content (AvgIpc) is 2.53. The number of carbonyl (C=O) groups excluding carboxylic acids is 1. The molecule has 0 bridgehead atoms. The van der Waals surface area contributed by atoms with Gasteiger partial charge in [-0.05, 0) is 41.9 Å². The molecular weight excluding hydrogens is 271 g/mol. The molecule has 0 atom stereocenters. The Morgan fingerprint density at radius 3 is 1.86 bits per heavy atom. The molecule has 0 aromatic heterocycles. The molecule has 0 aliphatic carbocycles. The Hall–Kier alpha value is -2.51. The normalized spacial score (nSPS) is 10.6. The number of methoxy groups -OCH3 is 1. The molecule has 0 aliphatic heterocycles.